The van der Waals surface area contributed by atoms with Crippen LogP contribution in [0.5, 0.6) is 5.75 Å². The van der Waals surface area contributed by atoms with Gasteiger partial charge in [0, 0.05) is 28.2 Å². The number of aliphatic carboxylic acids is 1. The molecule has 0 radical (unpaired) electrons. The molecule has 2 aromatic carbocycles. The van der Waals surface area contributed by atoms with Crippen molar-refractivity contribution in [2.75, 3.05) is 11.9 Å². The van der Waals surface area contributed by atoms with Gasteiger partial charge in [0.25, 0.3) is 0 Å². The summed E-state index contributed by atoms with van der Waals surface area (Å²) in [6, 6.07) is 14.7. The van der Waals surface area contributed by atoms with Crippen LogP contribution in [-0.4, -0.2) is 39.3 Å². The number of anilines is 1. The third-order valence-electron chi connectivity index (χ3n) is 10.5. The number of hydrogen-bond acceptors (Lipinski definition) is 5. The molecule has 6 rings (SSSR count). The highest BCUT2D eigenvalue weighted by Crippen LogP contribution is 2.56. The quantitative estimate of drug-likeness (QED) is 0.224. The summed E-state index contributed by atoms with van der Waals surface area (Å²) in [5.74, 6) is 0.0676. The highest BCUT2D eigenvalue weighted by molar-refractivity contribution is 6.30. The molecule has 44 heavy (non-hydrogen) atoms. The van der Waals surface area contributed by atoms with E-state index in [1.165, 1.54) is 11.1 Å². The Bertz CT molecular complexity index is 1560. The lowest BCUT2D eigenvalue weighted by atomic mass is 9.59. The van der Waals surface area contributed by atoms with E-state index in [1.807, 2.05) is 36.5 Å². The Balaban J connectivity index is 1.24. The number of carbonyl (C=O) groups is 2. The fourth-order valence-corrected chi connectivity index (χ4v) is 8.42. The second-order valence-corrected chi connectivity index (χ2v) is 13.8. The lowest BCUT2D eigenvalue weighted by Gasteiger charge is -2.47. The number of benzene rings is 2. The minimum absolute atomic E-state index is 0.253. The number of aryl methyl sites for hydroxylation is 1. The molecule has 1 spiro atoms. The zero-order valence-electron chi connectivity index (χ0n) is 25.4. The molecule has 8 heteroatoms. The van der Waals surface area contributed by atoms with Crippen molar-refractivity contribution in [3.63, 3.8) is 0 Å². The van der Waals surface area contributed by atoms with Crippen LogP contribution in [0.15, 0.2) is 54.7 Å². The van der Waals surface area contributed by atoms with Crippen LogP contribution in [0.25, 0.3) is 0 Å². The summed E-state index contributed by atoms with van der Waals surface area (Å²) in [7, 11) is 0. The first-order valence-electron chi connectivity index (χ1n) is 15.8. The molecule has 3 atom stereocenters. The van der Waals surface area contributed by atoms with Gasteiger partial charge in [0.15, 0.2) is 0 Å². The Morgan fingerprint density at radius 1 is 1.11 bits per heavy atom. The molecule has 1 unspecified atom stereocenters. The van der Waals surface area contributed by atoms with Crippen LogP contribution in [0, 0.1) is 11.8 Å². The van der Waals surface area contributed by atoms with E-state index in [4.69, 9.17) is 16.3 Å². The van der Waals surface area contributed by atoms with Gasteiger partial charge in [-0.15, -0.1) is 0 Å². The smallest absolute Gasteiger partial charge is 0.335 e. The minimum Gasteiger partial charge on any atom is -0.493 e. The summed E-state index contributed by atoms with van der Waals surface area (Å²) >= 11 is 6.21. The normalized spacial score (nSPS) is 26.4. The number of nitrogens with one attached hydrogen (secondary N) is 1. The van der Waals surface area contributed by atoms with Crippen LogP contribution in [-0.2, 0) is 23.1 Å². The van der Waals surface area contributed by atoms with Crippen LogP contribution in [0.1, 0.15) is 97.5 Å². The fourth-order valence-electron chi connectivity index (χ4n) is 8.23. The van der Waals surface area contributed by atoms with E-state index < -0.39 is 17.5 Å². The molecule has 7 nitrogen and oxygen atoms in total. The Morgan fingerprint density at radius 3 is 2.64 bits per heavy atom. The van der Waals surface area contributed by atoms with Crippen molar-refractivity contribution in [1.29, 1.82) is 0 Å². The van der Waals surface area contributed by atoms with Gasteiger partial charge in [-0.1, -0.05) is 37.6 Å². The van der Waals surface area contributed by atoms with E-state index in [0.717, 1.165) is 49.1 Å². The van der Waals surface area contributed by atoms with Gasteiger partial charge in [-0.25, -0.2) is 9.59 Å². The number of aromatic nitrogens is 1. The Hall–Kier alpha value is -3.58. The van der Waals surface area contributed by atoms with E-state index >= 15 is 0 Å². The summed E-state index contributed by atoms with van der Waals surface area (Å²) in [4.78, 5) is 29.4. The molecule has 1 heterocycles. The highest BCUT2D eigenvalue weighted by Gasteiger charge is 2.54. The summed E-state index contributed by atoms with van der Waals surface area (Å²) in [6.07, 6.45) is 9.06. The molecule has 3 aromatic rings. The number of ether oxygens (including phenoxy) is 1. The first-order valence-corrected chi connectivity index (χ1v) is 16.2. The number of aromatic carboxylic acids is 1. The zero-order chi connectivity index (χ0) is 31.1. The Morgan fingerprint density at radius 2 is 1.91 bits per heavy atom. The summed E-state index contributed by atoms with van der Waals surface area (Å²) in [5.41, 5.74) is 4.21. The largest absolute Gasteiger partial charge is 0.493 e. The van der Waals surface area contributed by atoms with Crippen molar-refractivity contribution >= 4 is 29.2 Å². The van der Waals surface area contributed by atoms with Crippen LogP contribution in [0.3, 0.4) is 0 Å². The number of rotatable bonds is 9. The topological polar surface area (TPSA) is 109 Å². The lowest BCUT2D eigenvalue weighted by molar-refractivity contribution is -0.144. The number of hydrogen-bond donors (Lipinski definition) is 3. The zero-order valence-corrected chi connectivity index (χ0v) is 26.2. The van der Waals surface area contributed by atoms with Crippen molar-refractivity contribution < 1.29 is 24.5 Å². The van der Waals surface area contributed by atoms with Crippen molar-refractivity contribution in [1.82, 2.24) is 4.98 Å². The number of fused-ring (bicyclic) bond motifs is 3. The molecule has 232 valence electrons. The standard InChI is InChI=1S/C36H41ClN2O5/c1-22(21-44-31-11-16-38-30-8-3-5-23(2)32(30)31)17-26-18-24-9-10-25(33(40)41)19-29(24)35(26)12-14-36(15-13-35,34(42)43)39-28-7-4-6-27(37)20-28/h4,6-7,9-11,16,19-20,22-23,26,39H,3,5,8,12-15,17-18,21H2,1-2H3,(H,40,41)(H,42,43)/t22-,23-,26?,35?,36?/m1/s1. The monoisotopic (exact) mass is 616 g/mol. The van der Waals surface area contributed by atoms with E-state index in [9.17, 15) is 19.8 Å². The van der Waals surface area contributed by atoms with Crippen molar-refractivity contribution in [3.05, 3.63) is 87.7 Å². The van der Waals surface area contributed by atoms with Crippen LogP contribution in [0.4, 0.5) is 5.69 Å². The van der Waals surface area contributed by atoms with Crippen LogP contribution in [0.2, 0.25) is 5.02 Å². The van der Waals surface area contributed by atoms with Gasteiger partial charge >= 0.3 is 11.9 Å². The number of nitrogens with zero attached hydrogens (tertiary/aromatic N) is 1. The summed E-state index contributed by atoms with van der Waals surface area (Å²) in [6.45, 7) is 5.06. The molecule has 3 N–H and O–H groups in total. The molecule has 1 aromatic heterocycles. The molecule has 3 aliphatic rings. The van der Waals surface area contributed by atoms with Crippen molar-refractivity contribution in [2.24, 2.45) is 11.8 Å². The van der Waals surface area contributed by atoms with Gasteiger partial charge in [-0.2, -0.15) is 0 Å². The van der Waals surface area contributed by atoms with E-state index in [-0.39, 0.29) is 22.8 Å². The molecule has 0 bridgehead atoms. The first-order chi connectivity index (χ1) is 21.1. The Labute approximate surface area is 264 Å². The van der Waals surface area contributed by atoms with Crippen LogP contribution < -0.4 is 10.1 Å². The van der Waals surface area contributed by atoms with E-state index in [1.54, 1.807) is 18.2 Å². The average molecular weight is 617 g/mol. The van der Waals surface area contributed by atoms with Crippen molar-refractivity contribution in [2.45, 2.75) is 88.5 Å². The number of carboxylic acid groups (broad SMARTS) is 2. The Kier molecular flexibility index (Phi) is 8.35. The second-order valence-electron chi connectivity index (χ2n) is 13.4. The maximum Gasteiger partial charge on any atom is 0.335 e. The lowest BCUT2D eigenvalue weighted by Crippen LogP contribution is -2.53. The average Bonchev–Trinajstić information content (AvgIpc) is 3.28. The van der Waals surface area contributed by atoms with E-state index in [0.29, 0.717) is 48.9 Å². The predicted octanol–water partition coefficient (Wildman–Crippen LogP) is 7.90. The van der Waals surface area contributed by atoms with Gasteiger partial charge in [0.1, 0.15) is 11.3 Å². The first kappa shape index (κ1) is 30.4. The maximum atomic E-state index is 12.8. The maximum absolute atomic E-state index is 12.8. The van der Waals surface area contributed by atoms with Gasteiger partial charge in [-0.3, -0.25) is 4.98 Å². The summed E-state index contributed by atoms with van der Waals surface area (Å²) < 4.78 is 6.47. The molecule has 1 fully saturated rings. The van der Waals surface area contributed by atoms with Gasteiger partial charge in [-0.05, 0) is 128 Å². The fraction of sp³-hybridized carbons (Fsp3) is 0.472. The van der Waals surface area contributed by atoms with Gasteiger partial charge < -0.3 is 20.3 Å². The predicted molar refractivity (Wildman–Crippen MR) is 171 cm³/mol. The second kappa shape index (κ2) is 12.1. The minimum atomic E-state index is -1.13. The molecule has 1 saturated carbocycles. The number of carboxylic acids is 2. The van der Waals surface area contributed by atoms with Crippen LogP contribution >= 0.6 is 11.6 Å². The van der Waals surface area contributed by atoms with E-state index in [2.05, 4.69) is 24.1 Å². The molecule has 0 amide bonds. The van der Waals surface area contributed by atoms with Crippen molar-refractivity contribution in [3.8, 4) is 5.75 Å². The molecule has 3 aliphatic carbocycles. The molecular weight excluding hydrogens is 576 g/mol. The van der Waals surface area contributed by atoms with Gasteiger partial charge in [0.2, 0.25) is 0 Å². The third-order valence-corrected chi connectivity index (χ3v) is 10.8. The number of pyridine rings is 1. The molecular formula is C36H41ClN2O5. The summed E-state index contributed by atoms with van der Waals surface area (Å²) in [5, 5.41) is 24.1. The molecule has 0 saturated heterocycles. The SMILES string of the molecule is C[C@@H](COc1ccnc2c1[C@H](C)CCC2)CC1Cc2ccc(C(=O)O)cc2C12CCC(Nc1cccc(Cl)c1)(C(=O)O)CC2. The third kappa shape index (κ3) is 5.67. The van der Waals surface area contributed by atoms with Gasteiger partial charge in [0.05, 0.1) is 12.2 Å². The highest BCUT2D eigenvalue weighted by atomic mass is 35.5. The molecule has 0 aliphatic heterocycles. The number of halogens is 1.